The Morgan fingerprint density at radius 3 is 2.80 bits per heavy atom. The number of hydrogen-bond acceptors (Lipinski definition) is 4. The van der Waals surface area contributed by atoms with Crippen LogP contribution in [0.1, 0.15) is 0 Å². The van der Waals surface area contributed by atoms with Gasteiger partial charge in [0.2, 0.25) is 0 Å². The van der Waals surface area contributed by atoms with Crippen molar-refractivity contribution in [3.63, 3.8) is 0 Å². The average Bonchev–Trinajstić information content (AvgIpc) is 1.87. The summed E-state index contributed by atoms with van der Waals surface area (Å²) in [6.45, 7) is -0.597. The van der Waals surface area contributed by atoms with E-state index < -0.39 is 18.7 Å². The fourth-order valence-corrected chi connectivity index (χ4v) is 0.262. The fraction of sp³-hybridized carbons (Fsp3) is 0.750. The van der Waals surface area contributed by atoms with Crippen molar-refractivity contribution in [2.75, 3.05) is 13.2 Å². The summed E-state index contributed by atoms with van der Waals surface area (Å²) in [6, 6.07) is -0.842. The van der Waals surface area contributed by atoms with E-state index in [9.17, 15) is 4.79 Å². The molecule has 2 amide bonds. The zero-order chi connectivity index (χ0) is 7.98. The van der Waals surface area contributed by atoms with Crippen LogP contribution in [0.25, 0.3) is 0 Å². The van der Waals surface area contributed by atoms with Crippen LogP contribution in [0.2, 0.25) is 0 Å². The maximum Gasteiger partial charge on any atom is 0.336 e. The van der Waals surface area contributed by atoms with Gasteiger partial charge in [0, 0.05) is 0 Å². The Balaban J connectivity index is 3.11. The van der Waals surface area contributed by atoms with Gasteiger partial charge in [-0.15, -0.1) is 0 Å². The smallest absolute Gasteiger partial charge is 0.336 e. The minimum atomic E-state index is -0.994. The number of nitrogens with one attached hydrogen (secondary N) is 1. The van der Waals surface area contributed by atoms with E-state index in [0.717, 1.165) is 0 Å². The van der Waals surface area contributed by atoms with Gasteiger partial charge in [0.15, 0.2) is 0 Å². The predicted molar refractivity (Wildman–Crippen MR) is 31.8 cm³/mol. The molecule has 5 N–H and O–H groups in total. The highest BCUT2D eigenvalue weighted by Crippen LogP contribution is 1.78. The lowest BCUT2D eigenvalue weighted by Gasteiger charge is -2.06. The lowest BCUT2D eigenvalue weighted by Crippen LogP contribution is -2.33. The van der Waals surface area contributed by atoms with Crippen LogP contribution in [0.4, 0.5) is 4.79 Å². The molecule has 0 aliphatic heterocycles. The molecule has 0 aliphatic carbocycles. The van der Waals surface area contributed by atoms with Gasteiger partial charge in [0.1, 0.15) is 12.7 Å². The Kier molecular flexibility index (Phi) is 4.55. The predicted octanol–water partition coefficient (Wildman–Crippen LogP) is -2.06. The molecule has 0 fully saturated rings. The van der Waals surface area contributed by atoms with Gasteiger partial charge in [-0.25, -0.2) is 10.3 Å². The highest BCUT2D eigenvalue weighted by atomic mass is 16.7. The van der Waals surface area contributed by atoms with Crippen LogP contribution in [0, 0.1) is 0 Å². The molecular formula is C4H10N2O4. The van der Waals surface area contributed by atoms with Crippen LogP contribution in [0.15, 0.2) is 0 Å². The summed E-state index contributed by atoms with van der Waals surface area (Å²) < 4.78 is 0. The van der Waals surface area contributed by atoms with Crippen LogP contribution >= 0.6 is 0 Å². The second kappa shape index (κ2) is 4.98. The first-order chi connectivity index (χ1) is 4.66. The van der Waals surface area contributed by atoms with E-state index in [1.807, 2.05) is 0 Å². The number of hydrogen-bond donors (Lipinski definition) is 4. The first kappa shape index (κ1) is 9.15. The molecule has 0 bridgehead atoms. The van der Waals surface area contributed by atoms with Crippen molar-refractivity contribution in [1.82, 2.24) is 5.48 Å². The molecule has 1 unspecified atom stereocenters. The quantitative estimate of drug-likeness (QED) is 0.346. The fourth-order valence-electron chi connectivity index (χ4n) is 0.262. The topological polar surface area (TPSA) is 105 Å². The van der Waals surface area contributed by atoms with Gasteiger partial charge < -0.3 is 15.9 Å². The van der Waals surface area contributed by atoms with Crippen molar-refractivity contribution in [1.29, 1.82) is 0 Å². The van der Waals surface area contributed by atoms with E-state index in [2.05, 4.69) is 10.6 Å². The number of amides is 2. The van der Waals surface area contributed by atoms with Crippen molar-refractivity contribution in [2.24, 2.45) is 5.73 Å². The van der Waals surface area contributed by atoms with Gasteiger partial charge >= 0.3 is 6.03 Å². The SMILES string of the molecule is NC(=O)NOCC(O)CO. The number of primary amides is 1. The highest BCUT2D eigenvalue weighted by Gasteiger charge is 2.01. The summed E-state index contributed by atoms with van der Waals surface area (Å²) in [5, 5.41) is 16.8. The van der Waals surface area contributed by atoms with Crippen molar-refractivity contribution >= 4 is 6.03 Å². The molecule has 0 aromatic heterocycles. The summed E-state index contributed by atoms with van der Waals surface area (Å²) in [6.07, 6.45) is -0.994. The monoisotopic (exact) mass is 150 g/mol. The number of carbonyl (C=O) groups excluding carboxylic acids is 1. The van der Waals surface area contributed by atoms with Crippen LogP contribution < -0.4 is 11.2 Å². The number of rotatable bonds is 4. The summed E-state index contributed by atoms with van der Waals surface area (Å²) in [5.41, 5.74) is 6.38. The summed E-state index contributed by atoms with van der Waals surface area (Å²) in [4.78, 5) is 14.2. The van der Waals surface area contributed by atoms with Crippen LogP contribution in [0.5, 0.6) is 0 Å². The minimum Gasteiger partial charge on any atom is -0.394 e. The molecule has 0 saturated heterocycles. The zero-order valence-electron chi connectivity index (χ0n) is 5.28. The zero-order valence-corrected chi connectivity index (χ0v) is 5.28. The molecule has 0 spiro atoms. The van der Waals surface area contributed by atoms with Crippen molar-refractivity contribution in [3.05, 3.63) is 0 Å². The van der Waals surface area contributed by atoms with Gasteiger partial charge in [-0.05, 0) is 0 Å². The molecule has 0 rings (SSSR count). The van der Waals surface area contributed by atoms with Gasteiger partial charge in [0.25, 0.3) is 0 Å². The largest absolute Gasteiger partial charge is 0.394 e. The van der Waals surface area contributed by atoms with Gasteiger partial charge in [0.05, 0.1) is 6.61 Å². The molecule has 6 heteroatoms. The Labute approximate surface area is 57.5 Å². The maximum absolute atomic E-state index is 9.91. The van der Waals surface area contributed by atoms with Crippen LogP contribution in [0.3, 0.4) is 0 Å². The van der Waals surface area contributed by atoms with Gasteiger partial charge in [-0.3, -0.25) is 4.84 Å². The van der Waals surface area contributed by atoms with Gasteiger partial charge in [-0.2, -0.15) is 0 Å². The number of urea groups is 1. The van der Waals surface area contributed by atoms with E-state index in [1.165, 1.54) is 0 Å². The number of aliphatic hydroxyl groups excluding tert-OH is 2. The standard InChI is InChI=1S/C4H10N2O4/c5-4(9)6-10-2-3(8)1-7/h3,7-8H,1-2H2,(H3,5,6,9). The molecule has 0 saturated carbocycles. The normalized spacial score (nSPS) is 12.6. The molecule has 60 valence electrons. The third-order valence-corrected chi connectivity index (χ3v) is 0.659. The maximum atomic E-state index is 9.91. The Morgan fingerprint density at radius 1 is 1.80 bits per heavy atom. The number of carbonyl (C=O) groups is 1. The highest BCUT2D eigenvalue weighted by molar-refractivity contribution is 5.70. The number of nitrogens with two attached hydrogens (primary N) is 1. The summed E-state index contributed by atoms with van der Waals surface area (Å²) >= 11 is 0. The molecule has 0 radical (unpaired) electrons. The Hall–Kier alpha value is -0.850. The third-order valence-electron chi connectivity index (χ3n) is 0.659. The van der Waals surface area contributed by atoms with Crippen molar-refractivity contribution < 1.29 is 19.8 Å². The number of hydroxylamine groups is 1. The van der Waals surface area contributed by atoms with E-state index in [0.29, 0.717) is 0 Å². The Morgan fingerprint density at radius 2 is 2.40 bits per heavy atom. The van der Waals surface area contributed by atoms with Crippen molar-refractivity contribution in [3.8, 4) is 0 Å². The van der Waals surface area contributed by atoms with E-state index >= 15 is 0 Å². The molecule has 0 aromatic carbocycles. The van der Waals surface area contributed by atoms with E-state index in [1.54, 1.807) is 5.48 Å². The molecule has 10 heavy (non-hydrogen) atoms. The Bertz CT molecular complexity index is 107. The first-order valence-electron chi connectivity index (χ1n) is 2.63. The molecule has 0 aromatic rings. The second-order valence-corrected chi connectivity index (χ2v) is 1.61. The van der Waals surface area contributed by atoms with Crippen LogP contribution in [-0.2, 0) is 4.84 Å². The summed E-state index contributed by atoms with van der Waals surface area (Å²) in [7, 11) is 0. The van der Waals surface area contributed by atoms with E-state index in [-0.39, 0.29) is 6.61 Å². The number of aliphatic hydroxyl groups is 2. The van der Waals surface area contributed by atoms with Gasteiger partial charge in [-0.1, -0.05) is 0 Å². The molecule has 0 heterocycles. The summed E-state index contributed by atoms with van der Waals surface area (Å²) in [5.74, 6) is 0. The third kappa shape index (κ3) is 5.29. The van der Waals surface area contributed by atoms with Crippen molar-refractivity contribution in [2.45, 2.75) is 6.10 Å². The lowest BCUT2D eigenvalue weighted by atomic mass is 10.4. The second-order valence-electron chi connectivity index (χ2n) is 1.61. The molecule has 6 nitrogen and oxygen atoms in total. The molecule has 0 aliphatic rings. The van der Waals surface area contributed by atoms with Crippen LogP contribution in [-0.4, -0.2) is 35.6 Å². The minimum absolute atomic E-state index is 0.181. The average molecular weight is 150 g/mol. The van der Waals surface area contributed by atoms with E-state index in [4.69, 9.17) is 10.2 Å². The molecule has 1 atom stereocenters. The molecular weight excluding hydrogens is 140 g/mol. The first-order valence-corrected chi connectivity index (χ1v) is 2.63. The lowest BCUT2D eigenvalue weighted by molar-refractivity contribution is -0.0223.